The minimum absolute atomic E-state index is 0.0329. The molecule has 1 atom stereocenters. The zero-order valence-corrected chi connectivity index (χ0v) is 20.2. The van der Waals surface area contributed by atoms with E-state index in [2.05, 4.69) is 10.6 Å². The lowest BCUT2D eigenvalue weighted by Crippen LogP contribution is -2.36. The molecule has 0 spiro atoms. The molecule has 0 saturated carbocycles. The van der Waals surface area contributed by atoms with Gasteiger partial charge in [-0.3, -0.25) is 9.59 Å². The number of hydrogen-bond acceptors (Lipinski definition) is 4. The molecule has 0 aliphatic carbocycles. The monoisotopic (exact) mass is 481 g/mol. The van der Waals surface area contributed by atoms with E-state index in [1.807, 2.05) is 56.3 Å². The Morgan fingerprint density at radius 3 is 2.44 bits per heavy atom. The molecule has 178 valence electrons. The number of ether oxygens (including phenoxy) is 1. The van der Waals surface area contributed by atoms with Crippen LogP contribution in [0.5, 0.6) is 0 Å². The van der Waals surface area contributed by atoms with Crippen molar-refractivity contribution < 1.29 is 14.3 Å². The molecule has 1 aromatic heterocycles. The molecule has 1 heterocycles. The van der Waals surface area contributed by atoms with Crippen molar-refractivity contribution in [3.05, 3.63) is 98.4 Å². The van der Waals surface area contributed by atoms with Gasteiger partial charge in [0, 0.05) is 11.2 Å². The molecule has 0 aliphatic heterocycles. The summed E-state index contributed by atoms with van der Waals surface area (Å²) < 4.78 is 6.56. The second-order valence-electron chi connectivity index (χ2n) is 8.03. The molecule has 2 amide bonds. The highest BCUT2D eigenvalue weighted by Gasteiger charge is 2.20. The highest BCUT2D eigenvalue weighted by molar-refractivity contribution is 6.31. The van der Waals surface area contributed by atoms with Gasteiger partial charge in [-0.05, 0) is 49.6 Å². The number of benzene rings is 2. The van der Waals surface area contributed by atoms with E-state index in [1.54, 1.807) is 25.3 Å². The van der Waals surface area contributed by atoms with E-state index < -0.39 is 18.0 Å². The number of esters is 1. The zero-order chi connectivity index (χ0) is 24.7. The van der Waals surface area contributed by atoms with Gasteiger partial charge in [-0.1, -0.05) is 59.6 Å². The summed E-state index contributed by atoms with van der Waals surface area (Å²) in [5.41, 5.74) is 3.17. The number of nitrogens with zero attached hydrogens (tertiary/aromatic N) is 1. The van der Waals surface area contributed by atoms with E-state index in [9.17, 15) is 14.4 Å². The zero-order valence-electron chi connectivity index (χ0n) is 19.4. The molecule has 0 aliphatic rings. The maximum absolute atomic E-state index is 13.0. The number of aryl methyl sites for hydroxylation is 2. The number of halogens is 1. The minimum Gasteiger partial charge on any atom is -0.466 e. The van der Waals surface area contributed by atoms with Gasteiger partial charge in [0.1, 0.15) is 5.69 Å². The first kappa shape index (κ1) is 25.1. The highest BCUT2D eigenvalue weighted by atomic mass is 35.5. The summed E-state index contributed by atoms with van der Waals surface area (Å²) in [4.78, 5) is 38.0. The van der Waals surface area contributed by atoms with E-state index >= 15 is 0 Å². The maximum Gasteiger partial charge on any atom is 0.319 e. The SMILES string of the molecule is CCOC(=O)C[C@H](NC(=O)Nc1cc(C)cn(Cc2ccccc2Cl)c1=O)c1ccc(C)cc1. The van der Waals surface area contributed by atoms with Gasteiger partial charge >= 0.3 is 12.0 Å². The molecule has 0 bridgehead atoms. The summed E-state index contributed by atoms with van der Waals surface area (Å²) >= 11 is 6.25. The molecule has 3 aromatic rings. The van der Waals surface area contributed by atoms with Crippen LogP contribution in [0.15, 0.2) is 65.6 Å². The predicted molar refractivity (Wildman–Crippen MR) is 133 cm³/mol. The van der Waals surface area contributed by atoms with E-state index in [0.717, 1.165) is 22.3 Å². The standard InChI is InChI=1S/C26H28ClN3O4/c1-4-34-24(31)14-22(19-11-9-17(2)10-12-19)28-26(33)29-23-13-18(3)15-30(25(23)32)16-20-7-5-6-8-21(20)27/h5-13,15,22H,4,14,16H2,1-3H3,(H2,28,29,33)/t22-/m0/s1. The molecule has 8 heteroatoms. The molecular weight excluding hydrogens is 454 g/mol. The Kier molecular flexibility index (Phi) is 8.49. The summed E-state index contributed by atoms with van der Waals surface area (Å²) in [5.74, 6) is -0.425. The first-order chi connectivity index (χ1) is 16.3. The maximum atomic E-state index is 13.0. The van der Waals surface area contributed by atoms with Crippen LogP contribution in [-0.4, -0.2) is 23.2 Å². The number of amides is 2. The van der Waals surface area contributed by atoms with Crippen LogP contribution < -0.4 is 16.2 Å². The van der Waals surface area contributed by atoms with Gasteiger partial charge in [-0.25, -0.2) is 4.79 Å². The minimum atomic E-state index is -0.616. The van der Waals surface area contributed by atoms with Gasteiger partial charge in [0.05, 0.1) is 25.6 Å². The fourth-order valence-corrected chi connectivity index (χ4v) is 3.75. The number of nitrogens with one attached hydrogen (secondary N) is 2. The fourth-order valence-electron chi connectivity index (χ4n) is 3.56. The van der Waals surface area contributed by atoms with E-state index in [1.165, 1.54) is 4.57 Å². The number of pyridine rings is 1. The summed E-state index contributed by atoms with van der Waals surface area (Å²) in [5, 5.41) is 5.99. The number of rotatable bonds is 8. The van der Waals surface area contributed by atoms with Gasteiger partial charge in [-0.15, -0.1) is 0 Å². The average Bonchev–Trinajstić information content (AvgIpc) is 2.78. The number of carbonyl (C=O) groups is 2. The van der Waals surface area contributed by atoms with Crippen LogP contribution in [-0.2, 0) is 16.1 Å². The van der Waals surface area contributed by atoms with E-state index in [4.69, 9.17) is 16.3 Å². The Hall–Kier alpha value is -3.58. The Morgan fingerprint density at radius 2 is 1.76 bits per heavy atom. The molecule has 0 unspecified atom stereocenters. The van der Waals surface area contributed by atoms with Crippen molar-refractivity contribution in [2.24, 2.45) is 0 Å². The van der Waals surface area contributed by atoms with Crippen molar-refractivity contribution in [3.8, 4) is 0 Å². The van der Waals surface area contributed by atoms with Gasteiger partial charge in [0.25, 0.3) is 5.56 Å². The Balaban J connectivity index is 1.80. The van der Waals surface area contributed by atoms with Gasteiger partial charge in [-0.2, -0.15) is 0 Å². The third kappa shape index (κ3) is 6.71. The molecule has 2 aromatic carbocycles. The van der Waals surface area contributed by atoms with Crippen molar-refractivity contribution in [3.63, 3.8) is 0 Å². The van der Waals surface area contributed by atoms with Crippen molar-refractivity contribution in [1.82, 2.24) is 9.88 Å². The van der Waals surface area contributed by atoms with Crippen LogP contribution in [0.1, 0.15) is 41.6 Å². The number of urea groups is 1. The van der Waals surface area contributed by atoms with Gasteiger partial charge in [0.15, 0.2) is 0 Å². The Labute approximate surface area is 203 Å². The fraction of sp³-hybridized carbons (Fsp3) is 0.269. The van der Waals surface area contributed by atoms with Crippen LogP contribution in [0.4, 0.5) is 10.5 Å². The molecule has 2 N–H and O–H groups in total. The van der Waals surface area contributed by atoms with Gasteiger partial charge in [0.2, 0.25) is 0 Å². The lowest BCUT2D eigenvalue weighted by Gasteiger charge is -2.19. The lowest BCUT2D eigenvalue weighted by atomic mass is 10.0. The predicted octanol–water partition coefficient (Wildman–Crippen LogP) is 4.98. The second kappa shape index (κ2) is 11.5. The van der Waals surface area contributed by atoms with E-state index in [0.29, 0.717) is 5.02 Å². The third-order valence-electron chi connectivity index (χ3n) is 5.23. The van der Waals surface area contributed by atoms with Crippen molar-refractivity contribution in [2.75, 3.05) is 11.9 Å². The first-order valence-corrected chi connectivity index (χ1v) is 11.4. The van der Waals surface area contributed by atoms with Crippen LogP contribution in [0.25, 0.3) is 0 Å². The molecule has 7 nitrogen and oxygen atoms in total. The first-order valence-electron chi connectivity index (χ1n) is 11.0. The number of hydrogen-bond donors (Lipinski definition) is 2. The highest BCUT2D eigenvalue weighted by Crippen LogP contribution is 2.19. The number of carbonyl (C=O) groups excluding carboxylic acids is 2. The van der Waals surface area contributed by atoms with Crippen molar-refractivity contribution >= 4 is 29.3 Å². The Morgan fingerprint density at radius 1 is 1.06 bits per heavy atom. The molecular formula is C26H28ClN3O4. The van der Waals surface area contributed by atoms with Crippen LogP contribution >= 0.6 is 11.6 Å². The molecule has 0 fully saturated rings. The Bertz CT molecular complexity index is 1220. The normalized spacial score (nSPS) is 11.5. The number of aromatic nitrogens is 1. The van der Waals surface area contributed by atoms with Crippen molar-refractivity contribution in [1.29, 1.82) is 0 Å². The summed E-state index contributed by atoms with van der Waals surface area (Å²) in [6.07, 6.45) is 1.68. The van der Waals surface area contributed by atoms with E-state index in [-0.39, 0.29) is 30.8 Å². The average molecular weight is 482 g/mol. The molecule has 0 saturated heterocycles. The quantitative estimate of drug-likeness (QED) is 0.444. The summed E-state index contributed by atoms with van der Waals surface area (Å²) in [6, 6.07) is 15.2. The molecule has 3 rings (SSSR count). The van der Waals surface area contributed by atoms with Crippen LogP contribution in [0.2, 0.25) is 5.02 Å². The second-order valence-corrected chi connectivity index (χ2v) is 8.43. The summed E-state index contributed by atoms with van der Waals surface area (Å²) in [7, 11) is 0. The lowest BCUT2D eigenvalue weighted by molar-refractivity contribution is -0.143. The van der Waals surface area contributed by atoms with Gasteiger partial charge < -0.3 is 19.9 Å². The largest absolute Gasteiger partial charge is 0.466 e. The topological polar surface area (TPSA) is 89.4 Å². The summed E-state index contributed by atoms with van der Waals surface area (Å²) in [6.45, 7) is 6.03. The van der Waals surface area contributed by atoms with Crippen molar-refractivity contribution in [2.45, 2.75) is 39.8 Å². The molecule has 0 radical (unpaired) electrons. The number of anilines is 1. The smallest absolute Gasteiger partial charge is 0.319 e. The van der Waals surface area contributed by atoms with Crippen LogP contribution in [0, 0.1) is 13.8 Å². The molecule has 34 heavy (non-hydrogen) atoms. The third-order valence-corrected chi connectivity index (χ3v) is 5.60. The van der Waals surface area contributed by atoms with Crippen LogP contribution in [0.3, 0.4) is 0 Å².